The topological polar surface area (TPSA) is 55.1 Å². The SMILES string of the molecule is Cc1sc(-c2ccc3c(c2)OCO3)nc1CC#N. The molecule has 3 rings (SSSR count). The van der Waals surface area contributed by atoms with Crippen LogP contribution in [-0.2, 0) is 6.42 Å². The van der Waals surface area contributed by atoms with Gasteiger partial charge in [-0.3, -0.25) is 0 Å². The third-order valence-electron chi connectivity index (χ3n) is 2.76. The zero-order valence-electron chi connectivity index (χ0n) is 9.77. The van der Waals surface area contributed by atoms with Crippen molar-refractivity contribution in [3.8, 4) is 28.1 Å². The fourth-order valence-corrected chi connectivity index (χ4v) is 2.75. The Labute approximate surface area is 108 Å². The van der Waals surface area contributed by atoms with Gasteiger partial charge in [-0.15, -0.1) is 11.3 Å². The first-order chi connectivity index (χ1) is 8.78. The summed E-state index contributed by atoms with van der Waals surface area (Å²) in [4.78, 5) is 5.58. The van der Waals surface area contributed by atoms with Crippen molar-refractivity contribution >= 4 is 11.3 Å². The number of hydrogen-bond donors (Lipinski definition) is 0. The van der Waals surface area contributed by atoms with E-state index in [9.17, 15) is 0 Å². The fraction of sp³-hybridized carbons (Fsp3) is 0.231. The van der Waals surface area contributed by atoms with Crippen molar-refractivity contribution in [3.63, 3.8) is 0 Å². The molecule has 0 fully saturated rings. The van der Waals surface area contributed by atoms with E-state index in [1.807, 2.05) is 25.1 Å². The molecule has 0 bridgehead atoms. The van der Waals surface area contributed by atoms with Crippen LogP contribution in [0, 0.1) is 18.3 Å². The first kappa shape index (κ1) is 11.1. The molecule has 5 heteroatoms. The first-order valence-corrected chi connectivity index (χ1v) is 6.33. The van der Waals surface area contributed by atoms with Gasteiger partial charge in [0.25, 0.3) is 0 Å². The number of hydrogen-bond acceptors (Lipinski definition) is 5. The Morgan fingerprint density at radius 1 is 1.39 bits per heavy atom. The molecule has 0 radical (unpaired) electrons. The summed E-state index contributed by atoms with van der Waals surface area (Å²) < 4.78 is 10.6. The van der Waals surface area contributed by atoms with Gasteiger partial charge in [-0.1, -0.05) is 0 Å². The molecule has 18 heavy (non-hydrogen) atoms. The second kappa shape index (κ2) is 4.31. The second-order valence-corrected chi connectivity index (χ2v) is 5.13. The number of fused-ring (bicyclic) bond motifs is 1. The summed E-state index contributed by atoms with van der Waals surface area (Å²) in [6, 6.07) is 7.91. The Balaban J connectivity index is 2.00. The summed E-state index contributed by atoms with van der Waals surface area (Å²) >= 11 is 1.59. The molecular formula is C13H10N2O2S. The average molecular weight is 258 g/mol. The van der Waals surface area contributed by atoms with E-state index < -0.39 is 0 Å². The van der Waals surface area contributed by atoms with E-state index in [0.717, 1.165) is 32.6 Å². The minimum absolute atomic E-state index is 0.273. The number of nitrogens with zero attached hydrogens (tertiary/aromatic N) is 2. The first-order valence-electron chi connectivity index (χ1n) is 5.51. The number of nitriles is 1. The number of benzene rings is 1. The zero-order chi connectivity index (χ0) is 12.5. The van der Waals surface area contributed by atoms with Crippen LogP contribution in [0.15, 0.2) is 18.2 Å². The summed E-state index contributed by atoms with van der Waals surface area (Å²) in [5, 5.41) is 9.64. The van der Waals surface area contributed by atoms with Gasteiger partial charge in [0.2, 0.25) is 6.79 Å². The van der Waals surface area contributed by atoms with E-state index in [1.54, 1.807) is 11.3 Å². The van der Waals surface area contributed by atoms with Crippen LogP contribution in [0.2, 0.25) is 0 Å². The predicted molar refractivity (Wildman–Crippen MR) is 67.7 cm³/mol. The molecule has 90 valence electrons. The van der Waals surface area contributed by atoms with Crippen LogP contribution in [0.4, 0.5) is 0 Å². The minimum atomic E-state index is 0.273. The van der Waals surface area contributed by atoms with E-state index in [1.165, 1.54) is 0 Å². The van der Waals surface area contributed by atoms with Crippen molar-refractivity contribution < 1.29 is 9.47 Å². The summed E-state index contributed by atoms with van der Waals surface area (Å²) in [5.41, 5.74) is 1.85. The Bertz CT molecular complexity index is 643. The Kier molecular flexibility index (Phi) is 2.65. The molecule has 0 saturated heterocycles. The van der Waals surface area contributed by atoms with Gasteiger partial charge >= 0.3 is 0 Å². The predicted octanol–water partition coefficient (Wildman–Crippen LogP) is 2.91. The lowest BCUT2D eigenvalue weighted by atomic mass is 10.2. The van der Waals surface area contributed by atoms with Crippen molar-refractivity contribution in [1.82, 2.24) is 4.98 Å². The standard InChI is InChI=1S/C13H10N2O2S/c1-8-10(4-5-14)15-13(18-8)9-2-3-11-12(6-9)17-7-16-11/h2-3,6H,4,7H2,1H3. The third kappa shape index (κ3) is 1.81. The molecule has 1 aromatic carbocycles. The van der Waals surface area contributed by atoms with E-state index >= 15 is 0 Å². The third-order valence-corrected chi connectivity index (χ3v) is 3.82. The highest BCUT2D eigenvalue weighted by atomic mass is 32.1. The second-order valence-electron chi connectivity index (χ2n) is 3.92. The lowest BCUT2D eigenvalue weighted by Crippen LogP contribution is -1.92. The van der Waals surface area contributed by atoms with Crippen molar-refractivity contribution in [2.24, 2.45) is 0 Å². The largest absolute Gasteiger partial charge is 0.454 e. The van der Waals surface area contributed by atoms with Crippen LogP contribution in [0.3, 0.4) is 0 Å². The van der Waals surface area contributed by atoms with Crippen LogP contribution < -0.4 is 9.47 Å². The van der Waals surface area contributed by atoms with Crippen LogP contribution in [0.1, 0.15) is 10.6 Å². The summed E-state index contributed by atoms with van der Waals surface area (Å²) in [5.74, 6) is 1.52. The lowest BCUT2D eigenvalue weighted by molar-refractivity contribution is 0.174. The van der Waals surface area contributed by atoms with Gasteiger partial charge in [-0.05, 0) is 25.1 Å². The molecule has 2 heterocycles. The van der Waals surface area contributed by atoms with E-state index in [2.05, 4.69) is 11.1 Å². The van der Waals surface area contributed by atoms with Crippen LogP contribution in [-0.4, -0.2) is 11.8 Å². The quantitative estimate of drug-likeness (QED) is 0.831. The van der Waals surface area contributed by atoms with E-state index in [0.29, 0.717) is 6.42 Å². The van der Waals surface area contributed by atoms with Crippen LogP contribution in [0.5, 0.6) is 11.5 Å². The van der Waals surface area contributed by atoms with Gasteiger partial charge in [0.05, 0.1) is 18.2 Å². The highest BCUT2D eigenvalue weighted by Crippen LogP contribution is 2.37. The maximum absolute atomic E-state index is 8.73. The van der Waals surface area contributed by atoms with Crippen molar-refractivity contribution in [3.05, 3.63) is 28.8 Å². The van der Waals surface area contributed by atoms with Gasteiger partial charge in [-0.2, -0.15) is 5.26 Å². The Morgan fingerprint density at radius 3 is 3.06 bits per heavy atom. The van der Waals surface area contributed by atoms with Crippen LogP contribution >= 0.6 is 11.3 Å². The smallest absolute Gasteiger partial charge is 0.231 e. The molecule has 0 atom stereocenters. The van der Waals surface area contributed by atoms with E-state index in [4.69, 9.17) is 14.7 Å². The highest BCUT2D eigenvalue weighted by Gasteiger charge is 2.16. The number of ether oxygens (including phenoxy) is 2. The molecule has 1 aliphatic heterocycles. The van der Waals surface area contributed by atoms with E-state index in [-0.39, 0.29) is 6.79 Å². The fourth-order valence-electron chi connectivity index (χ4n) is 1.82. The molecule has 0 N–H and O–H groups in total. The monoisotopic (exact) mass is 258 g/mol. The molecule has 2 aromatic rings. The number of aromatic nitrogens is 1. The molecule has 1 aromatic heterocycles. The zero-order valence-corrected chi connectivity index (χ0v) is 10.6. The summed E-state index contributed by atoms with van der Waals surface area (Å²) in [6.45, 7) is 2.26. The molecule has 1 aliphatic rings. The molecule has 0 unspecified atom stereocenters. The normalized spacial score (nSPS) is 12.4. The van der Waals surface area contributed by atoms with Gasteiger partial charge < -0.3 is 9.47 Å². The maximum Gasteiger partial charge on any atom is 0.231 e. The van der Waals surface area contributed by atoms with Gasteiger partial charge in [0.15, 0.2) is 11.5 Å². The average Bonchev–Trinajstić information content (AvgIpc) is 2.96. The number of thiazole rings is 1. The number of rotatable bonds is 2. The molecule has 0 spiro atoms. The summed E-state index contributed by atoms with van der Waals surface area (Å²) in [7, 11) is 0. The highest BCUT2D eigenvalue weighted by molar-refractivity contribution is 7.15. The molecule has 0 amide bonds. The van der Waals surface area contributed by atoms with Gasteiger partial charge in [0, 0.05) is 10.4 Å². The van der Waals surface area contributed by atoms with Crippen molar-refractivity contribution in [1.29, 1.82) is 5.26 Å². The molecule has 0 aliphatic carbocycles. The Hall–Kier alpha value is -2.06. The minimum Gasteiger partial charge on any atom is -0.454 e. The number of aryl methyl sites for hydroxylation is 1. The van der Waals surface area contributed by atoms with Gasteiger partial charge in [-0.25, -0.2) is 4.98 Å². The van der Waals surface area contributed by atoms with Gasteiger partial charge in [0.1, 0.15) is 5.01 Å². The molecular weight excluding hydrogens is 248 g/mol. The molecule has 4 nitrogen and oxygen atoms in total. The Morgan fingerprint density at radius 2 is 2.22 bits per heavy atom. The summed E-state index contributed by atoms with van der Waals surface area (Å²) in [6.07, 6.45) is 0.354. The maximum atomic E-state index is 8.73. The van der Waals surface area contributed by atoms with Crippen molar-refractivity contribution in [2.75, 3.05) is 6.79 Å². The van der Waals surface area contributed by atoms with Crippen molar-refractivity contribution in [2.45, 2.75) is 13.3 Å². The van der Waals surface area contributed by atoms with Crippen LogP contribution in [0.25, 0.3) is 10.6 Å². The lowest BCUT2D eigenvalue weighted by Gasteiger charge is -1.98. The molecule has 0 saturated carbocycles.